The fourth-order valence-electron chi connectivity index (χ4n) is 3.72. The van der Waals surface area contributed by atoms with Crippen LogP contribution in [0.4, 0.5) is 0 Å². The molecule has 14 heteroatoms. The smallest absolute Gasteiger partial charge is 0.326 e. The van der Waals surface area contributed by atoms with E-state index < -0.39 is 53.8 Å². The number of nitrogens with one attached hydrogen (secondary N) is 2. The molecule has 0 spiro atoms. The Morgan fingerprint density at radius 2 is 1.71 bits per heavy atom. The lowest BCUT2D eigenvalue weighted by molar-refractivity contribution is -0.150. The molecule has 0 radical (unpaired) electrons. The lowest BCUT2D eigenvalue weighted by Crippen LogP contribution is -2.58. The zero-order valence-corrected chi connectivity index (χ0v) is 20.2. The molecular formula is C21H38N8O6. The van der Waals surface area contributed by atoms with Gasteiger partial charge in [-0.3, -0.25) is 24.2 Å². The summed E-state index contributed by atoms with van der Waals surface area (Å²) in [5, 5.41) is 14.5. The maximum Gasteiger partial charge on any atom is 0.326 e. The van der Waals surface area contributed by atoms with E-state index in [2.05, 4.69) is 15.6 Å². The monoisotopic (exact) mass is 498 g/mol. The van der Waals surface area contributed by atoms with Gasteiger partial charge in [0.1, 0.15) is 18.1 Å². The van der Waals surface area contributed by atoms with Crippen LogP contribution in [0.3, 0.4) is 0 Å². The molecule has 4 amide bonds. The summed E-state index contributed by atoms with van der Waals surface area (Å²) in [4.78, 5) is 66.5. The van der Waals surface area contributed by atoms with Crippen molar-refractivity contribution in [1.82, 2.24) is 15.5 Å². The van der Waals surface area contributed by atoms with Crippen LogP contribution in [0.2, 0.25) is 0 Å². The van der Waals surface area contributed by atoms with E-state index >= 15 is 0 Å². The SMILES string of the molecule is CC(C)C(NC(=O)C(CCC(N)=O)NC(=O)C(N)CCCN=C(N)N)C(=O)N1CCCC1C(=O)O. The first-order valence-corrected chi connectivity index (χ1v) is 11.6. The van der Waals surface area contributed by atoms with Crippen molar-refractivity contribution >= 4 is 35.6 Å². The highest BCUT2D eigenvalue weighted by atomic mass is 16.4. The molecule has 198 valence electrons. The third-order valence-corrected chi connectivity index (χ3v) is 5.67. The zero-order chi connectivity index (χ0) is 26.7. The minimum atomic E-state index is -1.18. The molecule has 11 N–H and O–H groups in total. The van der Waals surface area contributed by atoms with E-state index in [-0.39, 0.29) is 44.2 Å². The van der Waals surface area contributed by atoms with Gasteiger partial charge in [-0.15, -0.1) is 0 Å². The van der Waals surface area contributed by atoms with Crippen LogP contribution in [-0.2, 0) is 24.0 Å². The number of amides is 4. The number of hydrogen-bond donors (Lipinski definition) is 7. The maximum absolute atomic E-state index is 13.1. The van der Waals surface area contributed by atoms with Gasteiger partial charge in [0.25, 0.3) is 0 Å². The van der Waals surface area contributed by atoms with Crippen molar-refractivity contribution in [3.63, 3.8) is 0 Å². The number of aliphatic imine (C=N–C) groups is 1. The normalized spacial score (nSPS) is 17.8. The van der Waals surface area contributed by atoms with Crippen molar-refractivity contribution < 1.29 is 29.1 Å². The van der Waals surface area contributed by atoms with Crippen molar-refractivity contribution in [1.29, 1.82) is 0 Å². The highest BCUT2D eigenvalue weighted by molar-refractivity contribution is 5.94. The molecule has 1 fully saturated rings. The molecule has 0 aromatic carbocycles. The van der Waals surface area contributed by atoms with E-state index in [4.69, 9.17) is 22.9 Å². The summed E-state index contributed by atoms with van der Waals surface area (Å²) in [5.41, 5.74) is 21.6. The zero-order valence-electron chi connectivity index (χ0n) is 20.2. The minimum absolute atomic E-state index is 0.0796. The molecule has 4 atom stereocenters. The van der Waals surface area contributed by atoms with Crippen LogP contribution in [0.25, 0.3) is 0 Å². The van der Waals surface area contributed by atoms with Gasteiger partial charge < -0.3 is 43.6 Å². The Hall–Kier alpha value is -3.42. The molecule has 0 bridgehead atoms. The van der Waals surface area contributed by atoms with Crippen LogP contribution >= 0.6 is 0 Å². The highest BCUT2D eigenvalue weighted by Crippen LogP contribution is 2.20. The molecule has 1 saturated heterocycles. The van der Waals surface area contributed by atoms with Crippen LogP contribution in [0.5, 0.6) is 0 Å². The first-order chi connectivity index (χ1) is 16.3. The van der Waals surface area contributed by atoms with E-state index in [9.17, 15) is 29.1 Å². The highest BCUT2D eigenvalue weighted by Gasteiger charge is 2.39. The van der Waals surface area contributed by atoms with E-state index in [1.54, 1.807) is 13.8 Å². The Balaban J connectivity index is 2.90. The second-order valence-corrected chi connectivity index (χ2v) is 8.88. The van der Waals surface area contributed by atoms with Gasteiger partial charge in [0, 0.05) is 19.5 Å². The summed E-state index contributed by atoms with van der Waals surface area (Å²) in [7, 11) is 0. The topological polar surface area (TPSA) is 249 Å². The predicted molar refractivity (Wildman–Crippen MR) is 127 cm³/mol. The molecule has 0 aromatic heterocycles. The van der Waals surface area contributed by atoms with Gasteiger partial charge >= 0.3 is 5.97 Å². The fraction of sp³-hybridized carbons (Fsp3) is 0.714. The number of carboxylic acid groups (broad SMARTS) is 1. The number of nitrogens with zero attached hydrogens (tertiary/aromatic N) is 2. The number of carbonyl (C=O) groups is 5. The van der Waals surface area contributed by atoms with Crippen LogP contribution < -0.4 is 33.6 Å². The number of nitrogens with two attached hydrogens (primary N) is 4. The van der Waals surface area contributed by atoms with Crippen LogP contribution in [0.1, 0.15) is 52.4 Å². The van der Waals surface area contributed by atoms with Crippen molar-refractivity contribution in [2.75, 3.05) is 13.1 Å². The number of guanidine groups is 1. The van der Waals surface area contributed by atoms with Gasteiger partial charge in [-0.25, -0.2) is 4.79 Å². The Kier molecular flexibility index (Phi) is 11.9. The van der Waals surface area contributed by atoms with Crippen LogP contribution in [0.15, 0.2) is 4.99 Å². The van der Waals surface area contributed by atoms with Crippen molar-refractivity contribution in [3.05, 3.63) is 0 Å². The Bertz CT molecular complexity index is 814. The quantitative estimate of drug-likeness (QED) is 0.0748. The van der Waals surface area contributed by atoms with E-state index in [0.717, 1.165) is 0 Å². The summed E-state index contributed by atoms with van der Waals surface area (Å²) < 4.78 is 0. The van der Waals surface area contributed by atoms with E-state index in [0.29, 0.717) is 19.3 Å². The van der Waals surface area contributed by atoms with Gasteiger partial charge in [-0.2, -0.15) is 0 Å². The summed E-state index contributed by atoms with van der Waals surface area (Å²) >= 11 is 0. The molecule has 14 nitrogen and oxygen atoms in total. The lowest BCUT2D eigenvalue weighted by atomic mass is 10.0. The number of primary amides is 1. The third kappa shape index (κ3) is 9.76. The van der Waals surface area contributed by atoms with E-state index in [1.165, 1.54) is 4.90 Å². The third-order valence-electron chi connectivity index (χ3n) is 5.67. The molecule has 1 rings (SSSR count). The Morgan fingerprint density at radius 1 is 1.06 bits per heavy atom. The van der Waals surface area contributed by atoms with Gasteiger partial charge in [-0.1, -0.05) is 13.8 Å². The molecule has 1 aliphatic heterocycles. The van der Waals surface area contributed by atoms with Gasteiger partial charge in [0.05, 0.1) is 6.04 Å². The van der Waals surface area contributed by atoms with Gasteiger partial charge in [0.15, 0.2) is 5.96 Å². The Labute approximate surface area is 204 Å². The number of carboxylic acids is 1. The molecule has 0 aromatic rings. The fourth-order valence-corrected chi connectivity index (χ4v) is 3.72. The number of aliphatic carboxylic acids is 1. The molecule has 35 heavy (non-hydrogen) atoms. The summed E-state index contributed by atoms with van der Waals surface area (Å²) in [5.74, 6) is -4.07. The molecule has 0 aliphatic carbocycles. The van der Waals surface area contributed by atoms with Crippen LogP contribution in [0, 0.1) is 5.92 Å². The number of rotatable bonds is 14. The predicted octanol–water partition coefficient (Wildman–Crippen LogP) is -2.67. The molecule has 1 heterocycles. The lowest BCUT2D eigenvalue weighted by Gasteiger charge is -2.30. The molecule has 4 unspecified atom stereocenters. The minimum Gasteiger partial charge on any atom is -0.480 e. The first kappa shape index (κ1) is 29.6. The summed E-state index contributed by atoms with van der Waals surface area (Å²) in [6.07, 6.45) is 1.25. The molecule has 0 saturated carbocycles. The average Bonchev–Trinajstić information content (AvgIpc) is 3.26. The van der Waals surface area contributed by atoms with E-state index in [1.807, 2.05) is 0 Å². The second kappa shape index (κ2) is 14.1. The number of hydrogen-bond acceptors (Lipinski definition) is 7. The molecular weight excluding hydrogens is 460 g/mol. The standard InChI is InChI=1S/C21H38N8O6/c1-11(2)16(19(33)29-10-4-6-14(29)20(34)35)28-18(32)13(7-8-15(23)30)27-17(31)12(22)5-3-9-26-21(24)25/h11-14,16H,3-10,22H2,1-2H3,(H2,23,30)(H,27,31)(H,28,32)(H,34,35)(H4,24,25,26). The van der Waals surface area contributed by atoms with Gasteiger partial charge in [0.2, 0.25) is 23.6 Å². The average molecular weight is 499 g/mol. The summed E-state index contributed by atoms with van der Waals surface area (Å²) in [6.45, 7) is 3.96. The largest absolute Gasteiger partial charge is 0.480 e. The summed E-state index contributed by atoms with van der Waals surface area (Å²) in [6, 6.07) is -4.12. The van der Waals surface area contributed by atoms with Crippen molar-refractivity contribution in [3.8, 4) is 0 Å². The maximum atomic E-state index is 13.1. The number of likely N-dealkylation sites (tertiary alicyclic amines) is 1. The first-order valence-electron chi connectivity index (χ1n) is 11.6. The Morgan fingerprint density at radius 3 is 2.26 bits per heavy atom. The van der Waals surface area contributed by atoms with Crippen molar-refractivity contribution in [2.24, 2.45) is 33.8 Å². The molecule has 1 aliphatic rings. The van der Waals surface area contributed by atoms with Crippen molar-refractivity contribution in [2.45, 2.75) is 76.5 Å². The van der Waals surface area contributed by atoms with Crippen LogP contribution in [-0.4, -0.2) is 82.8 Å². The second-order valence-electron chi connectivity index (χ2n) is 8.88. The van der Waals surface area contributed by atoms with Gasteiger partial charge in [-0.05, 0) is 38.0 Å². The number of carbonyl (C=O) groups excluding carboxylic acids is 4.